The molecule has 1 atom stereocenters. The van der Waals surface area contributed by atoms with E-state index in [0.717, 1.165) is 4.90 Å². The van der Waals surface area contributed by atoms with Crippen LogP contribution in [0.3, 0.4) is 0 Å². The average molecular weight is 307 g/mol. The van der Waals surface area contributed by atoms with Crippen LogP contribution in [-0.4, -0.2) is 28.5 Å². The topological polar surface area (TPSA) is 45.2 Å². The van der Waals surface area contributed by atoms with Crippen molar-refractivity contribution in [1.82, 2.24) is 9.88 Å². The van der Waals surface area contributed by atoms with Crippen LogP contribution in [0.5, 0.6) is 0 Å². The highest BCUT2D eigenvalue weighted by Crippen LogP contribution is 2.34. The molecular weight excluding hydrogens is 295 g/mol. The second kappa shape index (κ2) is 5.32. The first-order valence-electron chi connectivity index (χ1n) is 6.59. The number of hydrogen-bond donors (Lipinski definition) is 1. The number of hydrogen-bond acceptors (Lipinski definition) is 3. The lowest BCUT2D eigenvalue weighted by atomic mass is 10.0. The van der Waals surface area contributed by atoms with Gasteiger partial charge in [-0.05, 0) is 18.2 Å². The molecule has 0 unspecified atom stereocenters. The van der Waals surface area contributed by atoms with E-state index >= 15 is 0 Å². The van der Waals surface area contributed by atoms with E-state index in [0.29, 0.717) is 11.3 Å². The lowest BCUT2D eigenvalue weighted by Gasteiger charge is -2.38. The van der Waals surface area contributed by atoms with Gasteiger partial charge in [0.1, 0.15) is 12.7 Å². The zero-order chi connectivity index (χ0) is 15.7. The smallest absolute Gasteiger partial charge is 0.361 e. The fourth-order valence-corrected chi connectivity index (χ4v) is 2.45. The van der Waals surface area contributed by atoms with Crippen LogP contribution in [0.1, 0.15) is 22.1 Å². The molecule has 0 fully saturated rings. The zero-order valence-corrected chi connectivity index (χ0v) is 11.3. The Morgan fingerprint density at radius 2 is 1.95 bits per heavy atom. The predicted molar refractivity (Wildman–Crippen MR) is 74.1 cm³/mol. The molecule has 1 amide bonds. The van der Waals surface area contributed by atoms with Crippen LogP contribution in [0.15, 0.2) is 48.8 Å². The molecule has 22 heavy (non-hydrogen) atoms. The van der Waals surface area contributed by atoms with E-state index in [2.05, 4.69) is 10.3 Å². The molecule has 1 aromatic heterocycles. The Morgan fingerprint density at radius 3 is 2.64 bits per heavy atom. The summed E-state index contributed by atoms with van der Waals surface area (Å²) in [6.07, 6.45) is -2.42. The minimum atomic E-state index is -4.48. The molecule has 7 heteroatoms. The molecule has 2 aromatic rings. The molecule has 0 saturated heterocycles. The summed E-state index contributed by atoms with van der Waals surface area (Å²) in [6.45, 7) is -1.33. The number of nitrogens with one attached hydrogen (secondary N) is 1. The molecule has 1 aliphatic rings. The van der Waals surface area contributed by atoms with Gasteiger partial charge in [-0.1, -0.05) is 18.2 Å². The first-order valence-corrected chi connectivity index (χ1v) is 6.59. The van der Waals surface area contributed by atoms with E-state index in [1.807, 2.05) is 0 Å². The molecule has 3 rings (SSSR count). The van der Waals surface area contributed by atoms with Crippen LogP contribution in [-0.2, 0) is 0 Å². The van der Waals surface area contributed by atoms with Gasteiger partial charge in [0, 0.05) is 23.6 Å². The summed E-state index contributed by atoms with van der Waals surface area (Å²) in [6, 6.07) is 9.77. The Labute approximate surface area is 124 Å². The lowest BCUT2D eigenvalue weighted by molar-refractivity contribution is -0.144. The number of benzene rings is 1. The normalized spacial score (nSPS) is 17.9. The van der Waals surface area contributed by atoms with Crippen LogP contribution >= 0.6 is 0 Å². The first-order chi connectivity index (χ1) is 10.5. The molecule has 1 aliphatic heterocycles. The van der Waals surface area contributed by atoms with Crippen molar-refractivity contribution in [3.05, 3.63) is 59.9 Å². The number of carbonyl (C=O) groups excluding carboxylic acids is 1. The molecule has 4 nitrogen and oxygen atoms in total. The summed E-state index contributed by atoms with van der Waals surface area (Å²) in [7, 11) is 0. The van der Waals surface area contributed by atoms with E-state index in [4.69, 9.17) is 0 Å². The second-order valence-electron chi connectivity index (χ2n) is 4.93. The molecule has 0 radical (unpaired) electrons. The summed E-state index contributed by atoms with van der Waals surface area (Å²) in [5, 5.41) is 2.98. The molecule has 0 saturated carbocycles. The monoisotopic (exact) mass is 307 g/mol. The van der Waals surface area contributed by atoms with E-state index < -0.39 is 24.8 Å². The Balaban J connectivity index is 2.04. The molecule has 114 valence electrons. The average Bonchev–Trinajstić information content (AvgIpc) is 2.50. The van der Waals surface area contributed by atoms with E-state index in [1.165, 1.54) is 18.5 Å². The highest BCUT2D eigenvalue weighted by Gasteiger charge is 2.40. The Bertz CT molecular complexity index is 688. The fourth-order valence-electron chi connectivity index (χ4n) is 2.45. The van der Waals surface area contributed by atoms with Crippen molar-refractivity contribution in [3.63, 3.8) is 0 Å². The number of para-hydroxylation sites is 1. The third-order valence-corrected chi connectivity index (χ3v) is 3.37. The summed E-state index contributed by atoms with van der Waals surface area (Å²) in [5.41, 5.74) is 1.24. The number of halogens is 3. The minimum Gasteiger partial charge on any atom is -0.361 e. The van der Waals surface area contributed by atoms with Gasteiger partial charge in [-0.3, -0.25) is 9.78 Å². The van der Waals surface area contributed by atoms with Crippen LogP contribution in [0.4, 0.5) is 18.9 Å². The molecule has 2 heterocycles. The minimum absolute atomic E-state index is 0.229. The van der Waals surface area contributed by atoms with Gasteiger partial charge in [-0.25, -0.2) is 0 Å². The lowest BCUT2D eigenvalue weighted by Crippen LogP contribution is -2.47. The number of rotatable bonds is 2. The van der Waals surface area contributed by atoms with Gasteiger partial charge >= 0.3 is 6.18 Å². The van der Waals surface area contributed by atoms with Crippen molar-refractivity contribution in [3.8, 4) is 0 Å². The van der Waals surface area contributed by atoms with Crippen LogP contribution in [0.25, 0.3) is 0 Å². The summed E-state index contributed by atoms with van der Waals surface area (Å²) >= 11 is 0. The standard InChI is InChI=1S/C15H12F3N3O/c16-15(17,18)9-21-13(10-4-3-7-19-8-10)20-12-6-2-1-5-11(12)14(21)22/h1-8,13,20H,9H2/t13-/m0/s1. The third-order valence-electron chi connectivity index (χ3n) is 3.37. The van der Waals surface area contributed by atoms with Crippen molar-refractivity contribution in [2.75, 3.05) is 11.9 Å². The maximum Gasteiger partial charge on any atom is 0.406 e. The quantitative estimate of drug-likeness (QED) is 0.926. The van der Waals surface area contributed by atoms with Crippen molar-refractivity contribution >= 4 is 11.6 Å². The van der Waals surface area contributed by atoms with Crippen molar-refractivity contribution in [1.29, 1.82) is 0 Å². The second-order valence-corrected chi connectivity index (χ2v) is 4.93. The van der Waals surface area contributed by atoms with E-state index in [-0.39, 0.29) is 5.56 Å². The maximum absolute atomic E-state index is 12.8. The number of carbonyl (C=O) groups is 1. The van der Waals surface area contributed by atoms with Crippen LogP contribution in [0.2, 0.25) is 0 Å². The van der Waals surface area contributed by atoms with E-state index in [9.17, 15) is 18.0 Å². The number of pyridine rings is 1. The van der Waals surface area contributed by atoms with Crippen molar-refractivity contribution < 1.29 is 18.0 Å². The van der Waals surface area contributed by atoms with Gasteiger partial charge < -0.3 is 10.2 Å². The van der Waals surface area contributed by atoms with E-state index in [1.54, 1.807) is 30.3 Å². The van der Waals surface area contributed by atoms with Gasteiger partial charge in [-0.2, -0.15) is 13.2 Å². The number of aromatic nitrogens is 1. The number of anilines is 1. The molecule has 0 aliphatic carbocycles. The van der Waals surface area contributed by atoms with Gasteiger partial charge in [0.05, 0.1) is 5.56 Å². The Morgan fingerprint density at radius 1 is 1.18 bits per heavy atom. The SMILES string of the molecule is O=C1c2ccccc2N[C@H](c2cccnc2)N1CC(F)(F)F. The first kappa shape index (κ1) is 14.4. The largest absolute Gasteiger partial charge is 0.406 e. The summed E-state index contributed by atoms with van der Waals surface area (Å²) in [5.74, 6) is -0.652. The number of nitrogens with zero attached hydrogens (tertiary/aromatic N) is 2. The van der Waals surface area contributed by atoms with Gasteiger partial charge in [-0.15, -0.1) is 0 Å². The van der Waals surface area contributed by atoms with Gasteiger partial charge in [0.2, 0.25) is 0 Å². The molecule has 1 N–H and O–H groups in total. The highest BCUT2D eigenvalue weighted by molar-refractivity contribution is 6.01. The molecule has 1 aromatic carbocycles. The number of alkyl halides is 3. The molecule has 0 spiro atoms. The summed E-state index contributed by atoms with van der Waals surface area (Å²) < 4.78 is 38.5. The third kappa shape index (κ3) is 2.74. The number of amides is 1. The fraction of sp³-hybridized carbons (Fsp3) is 0.200. The van der Waals surface area contributed by atoms with Crippen molar-refractivity contribution in [2.45, 2.75) is 12.3 Å². The number of fused-ring (bicyclic) bond motifs is 1. The summed E-state index contributed by atoms with van der Waals surface area (Å²) in [4.78, 5) is 17.1. The molecular formula is C15H12F3N3O. The molecule has 0 bridgehead atoms. The predicted octanol–water partition coefficient (Wildman–Crippen LogP) is 3.21. The van der Waals surface area contributed by atoms with Gasteiger partial charge in [0.15, 0.2) is 0 Å². The Hall–Kier alpha value is -2.57. The van der Waals surface area contributed by atoms with Crippen LogP contribution in [0, 0.1) is 0 Å². The van der Waals surface area contributed by atoms with Crippen LogP contribution < -0.4 is 5.32 Å². The Kier molecular flexibility index (Phi) is 3.48. The maximum atomic E-state index is 12.8. The van der Waals surface area contributed by atoms with Crippen molar-refractivity contribution in [2.24, 2.45) is 0 Å². The van der Waals surface area contributed by atoms with Gasteiger partial charge in [0.25, 0.3) is 5.91 Å². The zero-order valence-electron chi connectivity index (χ0n) is 11.3. The highest BCUT2D eigenvalue weighted by atomic mass is 19.4.